The maximum Gasteiger partial charge on any atom is 0.150 e. The van der Waals surface area contributed by atoms with Gasteiger partial charge in [0.25, 0.3) is 0 Å². The molecule has 0 aliphatic heterocycles. The summed E-state index contributed by atoms with van der Waals surface area (Å²) in [7, 11) is 1.61. The van der Waals surface area contributed by atoms with Crippen molar-refractivity contribution in [2.24, 2.45) is 0 Å². The third kappa shape index (κ3) is 3.13. The maximum atomic E-state index is 5.78. The van der Waals surface area contributed by atoms with Gasteiger partial charge in [-0.3, -0.25) is 4.98 Å². The molecule has 1 aromatic carbocycles. The zero-order valence-electron chi connectivity index (χ0n) is 9.25. The first-order valence-corrected chi connectivity index (χ1v) is 6.84. The lowest BCUT2D eigenvalue weighted by atomic mass is 10.3. The molecule has 2 aromatic rings. The first kappa shape index (κ1) is 13.6. The molecule has 0 unspecified atom stereocenters. The number of nitrogens with one attached hydrogen (secondary N) is 1. The number of ether oxygens (including phenoxy) is 1. The number of anilines is 2. The molecule has 0 aliphatic rings. The Kier molecular flexibility index (Phi) is 4.42. The highest BCUT2D eigenvalue weighted by molar-refractivity contribution is 9.11. The van der Waals surface area contributed by atoms with Crippen LogP contribution >= 0.6 is 43.5 Å². The molecule has 2 rings (SSSR count). The summed E-state index contributed by atoms with van der Waals surface area (Å²) in [4.78, 5) is 8.06. The summed E-state index contributed by atoms with van der Waals surface area (Å²) < 4.78 is 6.97. The molecule has 0 atom stereocenters. The van der Waals surface area contributed by atoms with Gasteiger partial charge in [-0.1, -0.05) is 11.6 Å². The summed E-state index contributed by atoms with van der Waals surface area (Å²) in [6, 6.07) is 3.73. The highest BCUT2D eigenvalue weighted by atomic mass is 79.9. The Bertz CT molecular complexity index is 580. The number of methoxy groups -OCH3 is 1. The van der Waals surface area contributed by atoms with Crippen molar-refractivity contribution in [1.82, 2.24) is 9.97 Å². The number of nitrogens with zero attached hydrogens (tertiary/aromatic N) is 2. The molecule has 94 valence electrons. The van der Waals surface area contributed by atoms with E-state index < -0.39 is 0 Å². The number of rotatable bonds is 3. The van der Waals surface area contributed by atoms with Gasteiger partial charge in [-0.15, -0.1) is 0 Å². The van der Waals surface area contributed by atoms with Crippen molar-refractivity contribution < 1.29 is 4.74 Å². The maximum absolute atomic E-state index is 5.78. The van der Waals surface area contributed by atoms with Crippen LogP contribution in [0.1, 0.15) is 0 Å². The minimum Gasteiger partial charge on any atom is -0.495 e. The summed E-state index contributed by atoms with van der Waals surface area (Å²) in [5.74, 6) is 1.28. The molecule has 1 aromatic heterocycles. The molecule has 0 saturated carbocycles. The van der Waals surface area contributed by atoms with E-state index in [0.29, 0.717) is 11.0 Å². The minimum atomic E-state index is 0.334. The van der Waals surface area contributed by atoms with Crippen LogP contribution in [0, 0.1) is 0 Å². The number of hydrogen-bond acceptors (Lipinski definition) is 4. The van der Waals surface area contributed by atoms with Gasteiger partial charge in [-0.05, 0) is 37.9 Å². The molecule has 0 bridgehead atoms. The van der Waals surface area contributed by atoms with Gasteiger partial charge in [-0.2, -0.15) is 0 Å². The van der Waals surface area contributed by atoms with Crippen LogP contribution in [0.3, 0.4) is 0 Å². The Morgan fingerprint density at radius 2 is 2.00 bits per heavy atom. The van der Waals surface area contributed by atoms with Crippen molar-refractivity contribution in [3.8, 4) is 5.75 Å². The van der Waals surface area contributed by atoms with E-state index in [1.807, 2.05) is 12.1 Å². The van der Waals surface area contributed by atoms with Crippen molar-refractivity contribution in [1.29, 1.82) is 0 Å². The number of benzene rings is 1. The van der Waals surface area contributed by atoms with Crippen LogP contribution in [-0.2, 0) is 0 Å². The first-order chi connectivity index (χ1) is 8.60. The molecule has 7 heteroatoms. The molecule has 0 radical (unpaired) electrons. The van der Waals surface area contributed by atoms with Crippen molar-refractivity contribution in [3.63, 3.8) is 0 Å². The average Bonchev–Trinajstić information content (AvgIpc) is 2.33. The normalized spacial score (nSPS) is 10.2. The number of halogens is 3. The van der Waals surface area contributed by atoms with Crippen molar-refractivity contribution in [2.45, 2.75) is 0 Å². The van der Waals surface area contributed by atoms with Gasteiger partial charge in [-0.25, -0.2) is 4.98 Å². The zero-order valence-corrected chi connectivity index (χ0v) is 13.2. The smallest absolute Gasteiger partial charge is 0.150 e. The largest absolute Gasteiger partial charge is 0.495 e. The Labute approximate surface area is 126 Å². The van der Waals surface area contributed by atoms with Crippen LogP contribution < -0.4 is 10.1 Å². The van der Waals surface area contributed by atoms with E-state index in [2.05, 4.69) is 47.1 Å². The molecule has 0 amide bonds. The Balaban J connectivity index is 2.34. The second-order valence-electron chi connectivity index (χ2n) is 3.32. The fraction of sp³-hybridized carbons (Fsp3) is 0.0909. The number of hydrogen-bond donors (Lipinski definition) is 1. The van der Waals surface area contributed by atoms with Crippen LogP contribution in [0.4, 0.5) is 11.5 Å². The van der Waals surface area contributed by atoms with Crippen LogP contribution in [0.25, 0.3) is 0 Å². The van der Waals surface area contributed by atoms with Crippen LogP contribution in [0.5, 0.6) is 5.75 Å². The van der Waals surface area contributed by atoms with E-state index in [9.17, 15) is 0 Å². The zero-order chi connectivity index (χ0) is 13.1. The third-order valence-corrected chi connectivity index (χ3v) is 3.57. The lowest BCUT2D eigenvalue weighted by molar-refractivity contribution is 0.412. The van der Waals surface area contributed by atoms with Crippen molar-refractivity contribution >= 4 is 55.0 Å². The van der Waals surface area contributed by atoms with Crippen molar-refractivity contribution in [2.75, 3.05) is 12.4 Å². The van der Waals surface area contributed by atoms with Gasteiger partial charge in [0.05, 0.1) is 29.7 Å². The predicted molar refractivity (Wildman–Crippen MR) is 78.7 cm³/mol. The lowest BCUT2D eigenvalue weighted by Gasteiger charge is -2.11. The van der Waals surface area contributed by atoms with Gasteiger partial charge in [0, 0.05) is 10.5 Å². The molecule has 1 heterocycles. The fourth-order valence-electron chi connectivity index (χ4n) is 1.32. The molecule has 0 fully saturated rings. The number of aromatic nitrogens is 2. The SMILES string of the molecule is COc1cc(Nc2cncc(Cl)n2)c(Br)cc1Br. The van der Waals surface area contributed by atoms with E-state index in [4.69, 9.17) is 16.3 Å². The highest BCUT2D eigenvalue weighted by Gasteiger charge is 2.08. The van der Waals surface area contributed by atoms with Gasteiger partial charge in [0.1, 0.15) is 10.9 Å². The average molecular weight is 393 g/mol. The lowest BCUT2D eigenvalue weighted by Crippen LogP contribution is -1.96. The first-order valence-electron chi connectivity index (χ1n) is 4.87. The molecule has 4 nitrogen and oxygen atoms in total. The Morgan fingerprint density at radius 1 is 1.22 bits per heavy atom. The molecule has 0 saturated heterocycles. The summed E-state index contributed by atoms with van der Waals surface area (Å²) >= 11 is 12.6. The van der Waals surface area contributed by atoms with Gasteiger partial charge >= 0.3 is 0 Å². The van der Waals surface area contributed by atoms with E-state index in [1.54, 1.807) is 13.3 Å². The summed E-state index contributed by atoms with van der Waals surface area (Å²) in [6.07, 6.45) is 3.07. The predicted octanol–water partition coefficient (Wildman–Crippen LogP) is 4.41. The Morgan fingerprint density at radius 3 is 2.67 bits per heavy atom. The van der Waals surface area contributed by atoms with E-state index in [0.717, 1.165) is 20.4 Å². The molecule has 1 N–H and O–H groups in total. The molecule has 18 heavy (non-hydrogen) atoms. The molecule has 0 aliphatic carbocycles. The molecular weight excluding hydrogens is 385 g/mol. The standard InChI is InChI=1S/C11H8Br2ClN3O/c1-18-9-3-8(6(12)2-7(9)13)16-11-5-15-4-10(14)17-11/h2-5H,1H3,(H,16,17). The minimum absolute atomic E-state index is 0.334. The second-order valence-corrected chi connectivity index (χ2v) is 5.41. The summed E-state index contributed by atoms with van der Waals surface area (Å²) in [6.45, 7) is 0. The van der Waals surface area contributed by atoms with E-state index in [1.165, 1.54) is 6.20 Å². The molecule has 0 spiro atoms. The van der Waals surface area contributed by atoms with E-state index in [-0.39, 0.29) is 0 Å². The van der Waals surface area contributed by atoms with Crippen LogP contribution in [-0.4, -0.2) is 17.1 Å². The summed E-state index contributed by atoms with van der Waals surface area (Å²) in [5, 5.41) is 3.44. The quantitative estimate of drug-likeness (QED) is 0.839. The molecular formula is C11H8Br2ClN3O. The summed E-state index contributed by atoms with van der Waals surface area (Å²) in [5.41, 5.74) is 0.812. The van der Waals surface area contributed by atoms with Crippen LogP contribution in [0.2, 0.25) is 5.15 Å². The fourth-order valence-corrected chi connectivity index (χ4v) is 2.72. The van der Waals surface area contributed by atoms with Gasteiger partial charge in [0.15, 0.2) is 5.82 Å². The Hall–Kier alpha value is -0.850. The monoisotopic (exact) mass is 391 g/mol. The highest BCUT2D eigenvalue weighted by Crippen LogP contribution is 2.35. The van der Waals surface area contributed by atoms with Gasteiger partial charge in [0.2, 0.25) is 0 Å². The van der Waals surface area contributed by atoms with Crippen LogP contribution in [0.15, 0.2) is 33.5 Å². The van der Waals surface area contributed by atoms with E-state index >= 15 is 0 Å². The second kappa shape index (κ2) is 5.86. The topological polar surface area (TPSA) is 47.0 Å². The van der Waals surface area contributed by atoms with Crippen molar-refractivity contribution in [3.05, 3.63) is 38.6 Å². The van der Waals surface area contributed by atoms with Gasteiger partial charge < -0.3 is 10.1 Å². The third-order valence-electron chi connectivity index (χ3n) is 2.11.